The normalized spacial score (nSPS) is 15.5. The first kappa shape index (κ1) is 19.2. The summed E-state index contributed by atoms with van der Waals surface area (Å²) >= 11 is 0. The molecule has 1 aliphatic rings. The van der Waals surface area contributed by atoms with Crippen LogP contribution in [0, 0.1) is 0 Å². The smallest absolute Gasteiger partial charge is 0.416 e. The fourth-order valence-corrected chi connectivity index (χ4v) is 3.33. The summed E-state index contributed by atoms with van der Waals surface area (Å²) < 4.78 is 43.9. The van der Waals surface area contributed by atoms with E-state index in [4.69, 9.17) is 4.74 Å². The van der Waals surface area contributed by atoms with Crippen LogP contribution in [0.4, 0.5) is 13.2 Å². The van der Waals surface area contributed by atoms with Gasteiger partial charge in [-0.05, 0) is 36.4 Å². The van der Waals surface area contributed by atoms with Gasteiger partial charge in [0.1, 0.15) is 6.10 Å². The Kier molecular flexibility index (Phi) is 5.08. The van der Waals surface area contributed by atoms with E-state index in [0.717, 1.165) is 23.2 Å². The second-order valence-corrected chi connectivity index (χ2v) is 6.88. The molecule has 0 radical (unpaired) electrons. The third-order valence-corrected chi connectivity index (χ3v) is 4.90. The minimum atomic E-state index is -4.41. The van der Waals surface area contributed by atoms with E-state index in [-0.39, 0.29) is 17.6 Å². The number of amides is 1. The number of carbonyl (C=O) groups excluding carboxylic acids is 1. The maximum absolute atomic E-state index is 12.7. The van der Waals surface area contributed by atoms with Gasteiger partial charge in [0.25, 0.3) is 5.91 Å². The number of aromatic nitrogens is 2. The monoisotopic (exact) mass is 401 g/mol. The number of fused-ring (bicyclic) bond motifs is 1. The molecule has 4 rings (SSSR count). The summed E-state index contributed by atoms with van der Waals surface area (Å²) in [6, 6.07) is 11.8. The minimum absolute atomic E-state index is 0.0953. The molecule has 1 aliphatic heterocycles. The van der Waals surface area contributed by atoms with Crippen molar-refractivity contribution >= 4 is 16.9 Å². The summed E-state index contributed by atoms with van der Waals surface area (Å²) in [5.74, 6) is 0.166. The molecule has 0 saturated carbocycles. The lowest BCUT2D eigenvalue weighted by molar-refractivity contribution is -0.137. The number of ether oxygens (including phenoxy) is 1. The van der Waals surface area contributed by atoms with Crippen LogP contribution in [-0.4, -0.2) is 40.0 Å². The first-order valence-electron chi connectivity index (χ1n) is 9.25. The van der Waals surface area contributed by atoms with Crippen LogP contribution < -0.4 is 4.74 Å². The van der Waals surface area contributed by atoms with E-state index in [1.54, 1.807) is 11.1 Å². The molecule has 8 heteroatoms. The second kappa shape index (κ2) is 7.69. The summed E-state index contributed by atoms with van der Waals surface area (Å²) in [5, 5.41) is 0. The van der Waals surface area contributed by atoms with Crippen LogP contribution >= 0.6 is 0 Å². The Labute approximate surface area is 165 Å². The van der Waals surface area contributed by atoms with Crippen molar-refractivity contribution in [1.82, 2.24) is 14.9 Å². The fourth-order valence-electron chi connectivity index (χ4n) is 3.33. The second-order valence-electron chi connectivity index (χ2n) is 6.88. The van der Waals surface area contributed by atoms with Crippen molar-refractivity contribution in [2.24, 2.45) is 0 Å². The standard InChI is InChI=1S/C21H18F3N3O2/c22-21(23,24)15-7-5-14(6-8-15)20(28)27-11-9-16(10-12-27)29-19-13-25-17-3-1-2-4-18(17)26-19/h1-8,13,16H,9-12H2. The Morgan fingerprint density at radius 3 is 2.31 bits per heavy atom. The van der Waals surface area contributed by atoms with Gasteiger partial charge in [-0.1, -0.05) is 12.1 Å². The zero-order chi connectivity index (χ0) is 20.4. The fraction of sp³-hybridized carbons (Fsp3) is 0.286. The predicted octanol–water partition coefficient (Wildman–Crippen LogP) is 4.33. The van der Waals surface area contributed by atoms with E-state index >= 15 is 0 Å². The summed E-state index contributed by atoms with van der Waals surface area (Å²) in [4.78, 5) is 23.0. The highest BCUT2D eigenvalue weighted by molar-refractivity contribution is 5.94. The van der Waals surface area contributed by atoms with E-state index < -0.39 is 11.7 Å². The van der Waals surface area contributed by atoms with Crippen LogP contribution in [0.25, 0.3) is 11.0 Å². The van der Waals surface area contributed by atoms with Crippen LogP contribution in [0.2, 0.25) is 0 Å². The molecule has 0 N–H and O–H groups in total. The lowest BCUT2D eigenvalue weighted by Crippen LogP contribution is -2.41. The number of halogens is 3. The summed E-state index contributed by atoms with van der Waals surface area (Å²) in [6.07, 6.45) is -1.70. The molecule has 2 heterocycles. The summed E-state index contributed by atoms with van der Waals surface area (Å²) in [7, 11) is 0. The van der Waals surface area contributed by atoms with Gasteiger partial charge in [0.05, 0.1) is 22.8 Å². The quantitative estimate of drug-likeness (QED) is 0.656. The van der Waals surface area contributed by atoms with Gasteiger partial charge in [-0.3, -0.25) is 4.79 Å². The van der Waals surface area contributed by atoms with Crippen LogP contribution in [0.15, 0.2) is 54.7 Å². The number of benzene rings is 2. The predicted molar refractivity (Wildman–Crippen MR) is 101 cm³/mol. The van der Waals surface area contributed by atoms with E-state index in [9.17, 15) is 18.0 Å². The van der Waals surface area contributed by atoms with E-state index in [1.807, 2.05) is 24.3 Å². The highest BCUT2D eigenvalue weighted by Crippen LogP contribution is 2.29. The van der Waals surface area contributed by atoms with Crippen LogP contribution in [0.3, 0.4) is 0 Å². The largest absolute Gasteiger partial charge is 0.473 e. The van der Waals surface area contributed by atoms with E-state index in [0.29, 0.717) is 31.8 Å². The van der Waals surface area contributed by atoms with E-state index in [1.165, 1.54) is 12.1 Å². The van der Waals surface area contributed by atoms with Crippen molar-refractivity contribution < 1.29 is 22.7 Å². The molecule has 0 atom stereocenters. The van der Waals surface area contributed by atoms with Gasteiger partial charge >= 0.3 is 6.18 Å². The average Bonchev–Trinajstić information content (AvgIpc) is 2.73. The number of nitrogens with zero attached hydrogens (tertiary/aromatic N) is 3. The van der Waals surface area contributed by atoms with Gasteiger partial charge in [0.15, 0.2) is 0 Å². The third-order valence-electron chi connectivity index (χ3n) is 4.90. The highest BCUT2D eigenvalue weighted by atomic mass is 19.4. The number of rotatable bonds is 3. The van der Waals surface area contributed by atoms with Crippen molar-refractivity contribution in [1.29, 1.82) is 0 Å². The Bertz CT molecular complexity index is 1010. The molecule has 1 fully saturated rings. The van der Waals surface area contributed by atoms with Crippen LogP contribution in [-0.2, 0) is 6.18 Å². The molecule has 29 heavy (non-hydrogen) atoms. The SMILES string of the molecule is O=C(c1ccc(C(F)(F)F)cc1)N1CCC(Oc2cnc3ccccc3n2)CC1. The number of para-hydroxylation sites is 2. The molecule has 0 aliphatic carbocycles. The van der Waals surface area contributed by atoms with Crippen LogP contribution in [0.1, 0.15) is 28.8 Å². The molecule has 0 bridgehead atoms. The van der Waals surface area contributed by atoms with Gasteiger partial charge in [-0.2, -0.15) is 13.2 Å². The van der Waals surface area contributed by atoms with Crippen molar-refractivity contribution in [2.75, 3.05) is 13.1 Å². The van der Waals surface area contributed by atoms with Crippen molar-refractivity contribution in [3.63, 3.8) is 0 Å². The lowest BCUT2D eigenvalue weighted by Gasteiger charge is -2.32. The van der Waals surface area contributed by atoms with Gasteiger partial charge in [-0.15, -0.1) is 0 Å². The zero-order valence-electron chi connectivity index (χ0n) is 15.4. The molecule has 0 spiro atoms. The molecular formula is C21H18F3N3O2. The molecule has 3 aromatic rings. The molecule has 1 aromatic heterocycles. The van der Waals surface area contributed by atoms with Crippen molar-refractivity contribution in [2.45, 2.75) is 25.1 Å². The Balaban J connectivity index is 1.35. The zero-order valence-corrected chi connectivity index (χ0v) is 15.4. The Morgan fingerprint density at radius 1 is 1.00 bits per heavy atom. The first-order valence-corrected chi connectivity index (χ1v) is 9.25. The van der Waals surface area contributed by atoms with Crippen molar-refractivity contribution in [3.8, 4) is 5.88 Å². The number of alkyl halides is 3. The summed E-state index contributed by atoms with van der Waals surface area (Å²) in [6.45, 7) is 0.928. The lowest BCUT2D eigenvalue weighted by atomic mass is 10.1. The Morgan fingerprint density at radius 2 is 1.66 bits per heavy atom. The van der Waals surface area contributed by atoms with E-state index in [2.05, 4.69) is 9.97 Å². The number of likely N-dealkylation sites (tertiary alicyclic amines) is 1. The molecule has 150 valence electrons. The number of hydrogen-bond acceptors (Lipinski definition) is 4. The van der Waals surface area contributed by atoms with Crippen LogP contribution in [0.5, 0.6) is 5.88 Å². The maximum Gasteiger partial charge on any atom is 0.416 e. The molecule has 1 saturated heterocycles. The average molecular weight is 401 g/mol. The van der Waals surface area contributed by atoms with Crippen molar-refractivity contribution in [3.05, 3.63) is 65.9 Å². The summed E-state index contributed by atoms with van der Waals surface area (Å²) in [5.41, 5.74) is 1.02. The molecular weight excluding hydrogens is 383 g/mol. The minimum Gasteiger partial charge on any atom is -0.473 e. The molecule has 2 aromatic carbocycles. The van der Waals surface area contributed by atoms with Gasteiger partial charge in [-0.25, -0.2) is 9.97 Å². The van der Waals surface area contributed by atoms with Gasteiger partial charge in [0, 0.05) is 31.5 Å². The first-order chi connectivity index (χ1) is 13.9. The maximum atomic E-state index is 12.7. The number of hydrogen-bond donors (Lipinski definition) is 0. The number of piperidine rings is 1. The third kappa shape index (κ3) is 4.31. The van der Waals surface area contributed by atoms with Gasteiger partial charge < -0.3 is 9.64 Å². The molecule has 0 unspecified atom stereocenters. The molecule has 5 nitrogen and oxygen atoms in total. The number of carbonyl (C=O) groups is 1. The van der Waals surface area contributed by atoms with Gasteiger partial charge in [0.2, 0.25) is 5.88 Å². The Hall–Kier alpha value is -3.16. The topological polar surface area (TPSA) is 55.3 Å². The highest BCUT2D eigenvalue weighted by Gasteiger charge is 2.31. The molecule has 1 amide bonds.